The van der Waals surface area contributed by atoms with Crippen molar-refractivity contribution in [3.05, 3.63) is 58.9 Å². The maximum absolute atomic E-state index is 6.13. The van der Waals surface area contributed by atoms with E-state index < -0.39 is 0 Å². The lowest BCUT2D eigenvalue weighted by atomic mass is 10.1. The lowest BCUT2D eigenvalue weighted by Crippen LogP contribution is -2.06. The highest BCUT2D eigenvalue weighted by Gasteiger charge is 2.11. The van der Waals surface area contributed by atoms with E-state index in [-0.39, 0.29) is 0 Å². The van der Waals surface area contributed by atoms with Crippen molar-refractivity contribution in [1.29, 1.82) is 0 Å². The monoisotopic (exact) mass is 342 g/mol. The summed E-state index contributed by atoms with van der Waals surface area (Å²) in [5.41, 5.74) is 9.65. The van der Waals surface area contributed by atoms with Gasteiger partial charge in [-0.1, -0.05) is 23.7 Å². The van der Waals surface area contributed by atoms with Crippen LogP contribution < -0.4 is 10.5 Å². The number of nitrogens with zero attached hydrogens (tertiary/aromatic N) is 3. The molecule has 5 nitrogen and oxygen atoms in total. The minimum absolute atomic E-state index is 0.515. The predicted octanol–water partition coefficient (Wildman–Crippen LogP) is 3.94. The highest BCUT2D eigenvalue weighted by molar-refractivity contribution is 6.30. The Morgan fingerprint density at radius 1 is 1.25 bits per heavy atom. The number of anilines is 1. The Bertz CT molecular complexity index is 860. The number of hydrogen-bond acceptors (Lipinski definition) is 4. The van der Waals surface area contributed by atoms with E-state index in [0.717, 1.165) is 22.4 Å². The van der Waals surface area contributed by atoms with Gasteiger partial charge in [-0.25, -0.2) is 4.98 Å². The van der Waals surface area contributed by atoms with Crippen molar-refractivity contribution in [2.75, 3.05) is 12.3 Å². The van der Waals surface area contributed by atoms with E-state index >= 15 is 0 Å². The molecule has 24 heavy (non-hydrogen) atoms. The first-order valence-electron chi connectivity index (χ1n) is 7.74. The van der Waals surface area contributed by atoms with Gasteiger partial charge in [-0.05, 0) is 43.2 Å². The smallest absolute Gasteiger partial charge is 0.221 e. The molecule has 2 aromatic heterocycles. The second kappa shape index (κ2) is 6.93. The Morgan fingerprint density at radius 3 is 2.75 bits per heavy atom. The normalized spacial score (nSPS) is 10.8. The minimum atomic E-state index is 0.515. The molecule has 0 bridgehead atoms. The molecule has 124 valence electrons. The van der Waals surface area contributed by atoms with E-state index in [1.54, 1.807) is 6.20 Å². The van der Waals surface area contributed by atoms with Crippen LogP contribution in [0.25, 0.3) is 11.1 Å². The summed E-state index contributed by atoms with van der Waals surface area (Å²) >= 11 is 6.13. The Balaban J connectivity index is 2.00. The van der Waals surface area contributed by atoms with Gasteiger partial charge in [0.2, 0.25) is 5.88 Å². The molecule has 0 aliphatic carbocycles. The number of pyridine rings is 1. The van der Waals surface area contributed by atoms with Gasteiger partial charge in [-0.2, -0.15) is 5.10 Å². The van der Waals surface area contributed by atoms with E-state index in [4.69, 9.17) is 22.1 Å². The zero-order chi connectivity index (χ0) is 17.1. The quantitative estimate of drug-likeness (QED) is 0.762. The van der Waals surface area contributed by atoms with Gasteiger partial charge in [-0.15, -0.1) is 0 Å². The molecule has 3 aromatic rings. The highest BCUT2D eigenvalue weighted by Crippen LogP contribution is 2.31. The van der Waals surface area contributed by atoms with Gasteiger partial charge >= 0.3 is 0 Å². The largest absolute Gasteiger partial charge is 0.478 e. The zero-order valence-electron chi connectivity index (χ0n) is 13.7. The van der Waals surface area contributed by atoms with Crippen LogP contribution >= 0.6 is 11.6 Å². The lowest BCUT2D eigenvalue weighted by molar-refractivity contribution is 0.328. The van der Waals surface area contributed by atoms with Gasteiger partial charge in [0.25, 0.3) is 0 Å². The average Bonchev–Trinajstić information content (AvgIpc) is 2.86. The number of halogens is 1. The molecule has 0 aliphatic heterocycles. The molecular formula is C18H19ClN4O. The summed E-state index contributed by atoms with van der Waals surface area (Å²) in [6.07, 6.45) is 1.80. The van der Waals surface area contributed by atoms with Gasteiger partial charge in [0.05, 0.1) is 13.2 Å². The first-order valence-corrected chi connectivity index (χ1v) is 8.12. The molecule has 0 aliphatic rings. The van der Waals surface area contributed by atoms with Gasteiger partial charge in [-0.3, -0.25) is 4.68 Å². The average molecular weight is 343 g/mol. The molecule has 0 radical (unpaired) electrons. The number of aryl methyl sites for hydroxylation is 1. The van der Waals surface area contributed by atoms with Gasteiger partial charge in [0.1, 0.15) is 5.82 Å². The maximum atomic E-state index is 6.13. The van der Waals surface area contributed by atoms with Crippen molar-refractivity contribution in [2.45, 2.75) is 20.4 Å². The van der Waals surface area contributed by atoms with Crippen LogP contribution in [0.5, 0.6) is 5.88 Å². The minimum Gasteiger partial charge on any atom is -0.478 e. The number of nitrogens with two attached hydrogens (primary N) is 1. The van der Waals surface area contributed by atoms with Crippen molar-refractivity contribution in [3.8, 4) is 17.0 Å². The van der Waals surface area contributed by atoms with Crippen LogP contribution in [0.3, 0.4) is 0 Å². The second-order valence-corrected chi connectivity index (χ2v) is 5.94. The van der Waals surface area contributed by atoms with E-state index in [9.17, 15) is 0 Å². The first kappa shape index (κ1) is 16.3. The molecule has 3 rings (SSSR count). The van der Waals surface area contributed by atoms with Crippen LogP contribution in [0.4, 0.5) is 5.82 Å². The molecule has 2 N–H and O–H groups in total. The summed E-state index contributed by atoms with van der Waals surface area (Å²) in [4.78, 5) is 4.47. The van der Waals surface area contributed by atoms with E-state index in [1.807, 2.05) is 48.9 Å². The maximum Gasteiger partial charge on any atom is 0.221 e. The van der Waals surface area contributed by atoms with Crippen LogP contribution in [0.15, 0.2) is 42.6 Å². The molecular weight excluding hydrogens is 324 g/mol. The topological polar surface area (TPSA) is 66.0 Å². The third-order valence-corrected chi connectivity index (χ3v) is 3.89. The number of aromatic nitrogens is 3. The first-order chi connectivity index (χ1) is 11.6. The van der Waals surface area contributed by atoms with E-state index in [0.29, 0.717) is 29.9 Å². The Hall–Kier alpha value is -2.53. The van der Waals surface area contributed by atoms with Gasteiger partial charge in [0, 0.05) is 28.5 Å². The van der Waals surface area contributed by atoms with Crippen molar-refractivity contribution in [3.63, 3.8) is 0 Å². The lowest BCUT2D eigenvalue weighted by Gasteiger charge is -2.12. The van der Waals surface area contributed by atoms with Crippen molar-refractivity contribution in [2.24, 2.45) is 0 Å². The van der Waals surface area contributed by atoms with Crippen LogP contribution in [0.2, 0.25) is 5.02 Å². The van der Waals surface area contributed by atoms with Crippen molar-refractivity contribution < 1.29 is 4.74 Å². The van der Waals surface area contributed by atoms with Crippen LogP contribution in [0, 0.1) is 6.92 Å². The SMILES string of the molecule is CCOc1ncc(Cn2nc(N)cc2C)cc1-c1cccc(Cl)c1. The number of rotatable bonds is 5. The third kappa shape index (κ3) is 3.51. The molecule has 0 saturated heterocycles. The molecule has 0 saturated carbocycles. The Morgan fingerprint density at radius 2 is 2.08 bits per heavy atom. The molecule has 0 amide bonds. The fourth-order valence-electron chi connectivity index (χ4n) is 2.57. The van der Waals surface area contributed by atoms with Gasteiger partial charge < -0.3 is 10.5 Å². The number of benzene rings is 1. The van der Waals surface area contributed by atoms with E-state index in [2.05, 4.69) is 16.1 Å². The zero-order valence-corrected chi connectivity index (χ0v) is 14.4. The summed E-state index contributed by atoms with van der Waals surface area (Å²) in [6, 6.07) is 11.6. The van der Waals surface area contributed by atoms with Crippen LogP contribution in [-0.2, 0) is 6.54 Å². The highest BCUT2D eigenvalue weighted by atomic mass is 35.5. The molecule has 6 heteroatoms. The van der Waals surface area contributed by atoms with Crippen LogP contribution in [-0.4, -0.2) is 21.4 Å². The van der Waals surface area contributed by atoms with E-state index in [1.165, 1.54) is 0 Å². The molecule has 1 aromatic carbocycles. The fraction of sp³-hybridized carbons (Fsp3) is 0.222. The number of ether oxygens (including phenoxy) is 1. The predicted molar refractivity (Wildman–Crippen MR) is 96.3 cm³/mol. The molecule has 0 fully saturated rings. The summed E-state index contributed by atoms with van der Waals surface area (Å²) in [7, 11) is 0. The number of nitrogen functional groups attached to an aromatic ring is 1. The summed E-state index contributed by atoms with van der Waals surface area (Å²) in [5, 5.41) is 4.97. The third-order valence-electron chi connectivity index (χ3n) is 3.66. The Kier molecular flexibility index (Phi) is 4.71. The number of hydrogen-bond donors (Lipinski definition) is 1. The molecule has 0 unspecified atom stereocenters. The summed E-state index contributed by atoms with van der Waals surface area (Å²) in [6.45, 7) is 5.06. The standard InChI is InChI=1S/C18H19ClN4O/c1-3-24-18-16(14-5-4-6-15(19)9-14)8-13(10-21-18)11-23-12(2)7-17(20)22-23/h4-10H,3,11H2,1-2H3,(H2,20,22). The summed E-state index contributed by atoms with van der Waals surface area (Å²) < 4.78 is 7.52. The van der Waals surface area contributed by atoms with Crippen LogP contribution in [0.1, 0.15) is 18.2 Å². The Labute approximate surface area is 146 Å². The van der Waals surface area contributed by atoms with Gasteiger partial charge in [0.15, 0.2) is 0 Å². The van der Waals surface area contributed by atoms with Crippen molar-refractivity contribution >= 4 is 17.4 Å². The second-order valence-electron chi connectivity index (χ2n) is 5.51. The molecule has 2 heterocycles. The molecule has 0 atom stereocenters. The molecule has 0 spiro atoms. The fourth-order valence-corrected chi connectivity index (χ4v) is 2.76. The van der Waals surface area contributed by atoms with Crippen molar-refractivity contribution in [1.82, 2.24) is 14.8 Å². The summed E-state index contributed by atoms with van der Waals surface area (Å²) in [5.74, 6) is 1.11.